The van der Waals surface area contributed by atoms with Crippen LogP contribution in [0.15, 0.2) is 21.5 Å². The molecule has 0 unspecified atom stereocenters. The molecule has 0 spiro atoms. The lowest BCUT2D eigenvalue weighted by Gasteiger charge is -2.02. The molecule has 15 heavy (non-hydrogen) atoms. The normalized spacial score (nSPS) is 10.9. The molecule has 2 rings (SSSR count). The number of halogens is 4. The van der Waals surface area contributed by atoms with E-state index in [1.807, 2.05) is 0 Å². The van der Waals surface area contributed by atoms with Gasteiger partial charge in [-0.15, -0.1) is 0 Å². The maximum atomic E-state index is 13.2. The molecule has 1 heterocycles. The minimum atomic E-state index is -1.34. The third-order valence-corrected chi connectivity index (χ3v) is 2.55. The van der Waals surface area contributed by atoms with Gasteiger partial charge in [0.05, 0.1) is 15.4 Å². The number of hydrogen-bond donors (Lipinski definition) is 1. The van der Waals surface area contributed by atoms with Gasteiger partial charge in [0.15, 0.2) is 11.6 Å². The molecule has 0 aliphatic rings. The summed E-state index contributed by atoms with van der Waals surface area (Å²) in [5.41, 5.74) is -1.19. The van der Waals surface area contributed by atoms with Crippen LogP contribution in [0.25, 0.3) is 10.9 Å². The lowest BCUT2D eigenvalue weighted by Crippen LogP contribution is -2.08. The zero-order chi connectivity index (χ0) is 11.2. The van der Waals surface area contributed by atoms with Gasteiger partial charge in [-0.1, -0.05) is 0 Å². The van der Waals surface area contributed by atoms with Gasteiger partial charge < -0.3 is 4.98 Å². The van der Waals surface area contributed by atoms with Crippen LogP contribution in [-0.4, -0.2) is 4.98 Å². The molecule has 0 saturated heterocycles. The molecule has 0 radical (unpaired) electrons. The molecule has 2 aromatic rings. The van der Waals surface area contributed by atoms with Crippen molar-refractivity contribution in [1.82, 2.24) is 4.98 Å². The van der Waals surface area contributed by atoms with Crippen LogP contribution in [0.3, 0.4) is 0 Å². The lowest BCUT2D eigenvalue weighted by atomic mass is 10.2. The topological polar surface area (TPSA) is 32.9 Å². The Morgan fingerprint density at radius 3 is 2.53 bits per heavy atom. The molecule has 6 heteroatoms. The molecule has 0 amide bonds. The average Bonchev–Trinajstić information content (AvgIpc) is 2.18. The van der Waals surface area contributed by atoms with Crippen molar-refractivity contribution in [3.05, 3.63) is 44.4 Å². The minimum Gasteiger partial charge on any atom is -0.357 e. The SMILES string of the molecule is O=c1c(Br)c[nH]c2c(F)c(F)cc(F)c12. The summed E-state index contributed by atoms with van der Waals surface area (Å²) in [6.45, 7) is 0. The largest absolute Gasteiger partial charge is 0.357 e. The molecule has 0 saturated carbocycles. The molecule has 78 valence electrons. The first kappa shape index (κ1) is 10.2. The quantitative estimate of drug-likeness (QED) is 0.738. The predicted molar refractivity (Wildman–Crippen MR) is 52.1 cm³/mol. The van der Waals surface area contributed by atoms with E-state index in [4.69, 9.17) is 0 Å². The summed E-state index contributed by atoms with van der Waals surface area (Å²) in [6, 6.07) is 0.347. The van der Waals surface area contributed by atoms with Crippen molar-refractivity contribution < 1.29 is 13.2 Å². The summed E-state index contributed by atoms with van der Waals surface area (Å²) in [7, 11) is 0. The molecule has 0 atom stereocenters. The van der Waals surface area contributed by atoms with Gasteiger partial charge >= 0.3 is 0 Å². The fraction of sp³-hybridized carbons (Fsp3) is 0. The molecular formula is C9H3BrF3NO. The maximum Gasteiger partial charge on any atom is 0.206 e. The first-order valence-electron chi connectivity index (χ1n) is 3.86. The van der Waals surface area contributed by atoms with Crippen molar-refractivity contribution in [1.29, 1.82) is 0 Å². The van der Waals surface area contributed by atoms with E-state index >= 15 is 0 Å². The molecule has 1 N–H and O–H groups in total. The number of rotatable bonds is 0. The molecule has 1 aromatic carbocycles. The van der Waals surface area contributed by atoms with Crippen LogP contribution >= 0.6 is 15.9 Å². The maximum absolute atomic E-state index is 13.2. The van der Waals surface area contributed by atoms with E-state index in [1.165, 1.54) is 0 Å². The Morgan fingerprint density at radius 2 is 1.87 bits per heavy atom. The molecule has 1 aromatic heterocycles. The van der Waals surface area contributed by atoms with Crippen LogP contribution in [0.4, 0.5) is 13.2 Å². The Balaban J connectivity index is 3.10. The van der Waals surface area contributed by atoms with Gasteiger partial charge in [0.25, 0.3) is 0 Å². The molecular weight excluding hydrogens is 275 g/mol. The smallest absolute Gasteiger partial charge is 0.206 e. The fourth-order valence-electron chi connectivity index (χ4n) is 1.27. The highest BCUT2D eigenvalue weighted by atomic mass is 79.9. The molecule has 0 bridgehead atoms. The number of H-pyrrole nitrogens is 1. The number of nitrogens with one attached hydrogen (secondary N) is 1. The minimum absolute atomic E-state index is 0.0555. The van der Waals surface area contributed by atoms with Crippen molar-refractivity contribution in [3.63, 3.8) is 0 Å². The molecule has 2 nitrogen and oxygen atoms in total. The molecule has 0 aliphatic carbocycles. The van der Waals surface area contributed by atoms with Gasteiger partial charge in [-0.25, -0.2) is 13.2 Å². The number of aromatic amines is 1. The summed E-state index contributed by atoms with van der Waals surface area (Å²) in [5, 5.41) is -0.497. The van der Waals surface area contributed by atoms with Gasteiger partial charge in [0, 0.05) is 12.3 Å². The Morgan fingerprint density at radius 1 is 1.20 bits per heavy atom. The second kappa shape index (κ2) is 3.37. The van der Waals surface area contributed by atoms with E-state index in [9.17, 15) is 18.0 Å². The van der Waals surface area contributed by atoms with Crippen molar-refractivity contribution in [2.45, 2.75) is 0 Å². The van der Waals surface area contributed by atoms with Crippen molar-refractivity contribution >= 4 is 26.8 Å². The van der Waals surface area contributed by atoms with Crippen molar-refractivity contribution in [3.8, 4) is 0 Å². The van der Waals surface area contributed by atoms with E-state index in [0.717, 1.165) is 6.20 Å². The van der Waals surface area contributed by atoms with Gasteiger partial charge in [-0.3, -0.25) is 4.79 Å². The van der Waals surface area contributed by atoms with Gasteiger partial charge in [-0.05, 0) is 15.9 Å². The first-order chi connectivity index (χ1) is 7.02. The van der Waals surface area contributed by atoms with Crippen LogP contribution in [0.5, 0.6) is 0 Å². The number of fused-ring (bicyclic) bond motifs is 1. The van der Waals surface area contributed by atoms with Crippen LogP contribution in [-0.2, 0) is 0 Å². The van der Waals surface area contributed by atoms with Gasteiger partial charge in [0.1, 0.15) is 5.82 Å². The standard InChI is InChI=1S/C9H3BrF3NO/c10-3-2-14-8-6(9(3)15)4(11)1-5(12)7(8)13/h1-2H,(H,14,15). The highest BCUT2D eigenvalue weighted by Gasteiger charge is 2.16. The summed E-state index contributed by atoms with van der Waals surface area (Å²) in [5.74, 6) is -3.69. The Bertz CT molecular complexity index is 608. The van der Waals surface area contributed by atoms with E-state index < -0.39 is 33.8 Å². The Hall–Kier alpha value is -1.30. The number of benzene rings is 1. The molecule has 0 aliphatic heterocycles. The zero-order valence-corrected chi connectivity index (χ0v) is 8.66. The van der Waals surface area contributed by atoms with E-state index in [2.05, 4.69) is 20.9 Å². The van der Waals surface area contributed by atoms with E-state index in [-0.39, 0.29) is 4.47 Å². The van der Waals surface area contributed by atoms with Crippen LogP contribution < -0.4 is 5.43 Å². The Kier molecular flexibility index (Phi) is 2.30. The third-order valence-electron chi connectivity index (χ3n) is 1.96. The molecule has 0 fully saturated rings. The second-order valence-corrected chi connectivity index (χ2v) is 3.72. The monoisotopic (exact) mass is 277 g/mol. The highest BCUT2D eigenvalue weighted by Crippen LogP contribution is 2.20. The van der Waals surface area contributed by atoms with Crippen molar-refractivity contribution in [2.75, 3.05) is 0 Å². The summed E-state index contributed by atoms with van der Waals surface area (Å²) < 4.78 is 39.2. The van der Waals surface area contributed by atoms with Crippen LogP contribution in [0.2, 0.25) is 0 Å². The van der Waals surface area contributed by atoms with Crippen LogP contribution in [0, 0.1) is 17.5 Å². The summed E-state index contributed by atoms with van der Waals surface area (Å²) in [4.78, 5) is 13.7. The number of pyridine rings is 1. The summed E-state index contributed by atoms with van der Waals surface area (Å²) >= 11 is 2.87. The zero-order valence-electron chi connectivity index (χ0n) is 7.07. The van der Waals surface area contributed by atoms with E-state index in [0.29, 0.717) is 6.07 Å². The van der Waals surface area contributed by atoms with Gasteiger partial charge in [-0.2, -0.15) is 0 Å². The lowest BCUT2D eigenvalue weighted by molar-refractivity contribution is 0.504. The van der Waals surface area contributed by atoms with E-state index in [1.54, 1.807) is 0 Å². The second-order valence-electron chi connectivity index (χ2n) is 2.87. The van der Waals surface area contributed by atoms with Crippen LogP contribution in [0.1, 0.15) is 0 Å². The van der Waals surface area contributed by atoms with Crippen molar-refractivity contribution in [2.24, 2.45) is 0 Å². The third kappa shape index (κ3) is 1.45. The Labute approximate surface area is 89.9 Å². The van der Waals surface area contributed by atoms with Gasteiger partial charge in [0.2, 0.25) is 5.43 Å². The predicted octanol–water partition coefficient (Wildman–Crippen LogP) is 2.71. The number of hydrogen-bond acceptors (Lipinski definition) is 1. The fourth-order valence-corrected chi connectivity index (χ4v) is 1.59. The number of aromatic nitrogens is 1. The summed E-state index contributed by atoms with van der Waals surface area (Å²) in [6.07, 6.45) is 1.13. The first-order valence-corrected chi connectivity index (χ1v) is 4.66. The average molecular weight is 278 g/mol. The highest BCUT2D eigenvalue weighted by molar-refractivity contribution is 9.10.